The van der Waals surface area contributed by atoms with Gasteiger partial charge in [-0.2, -0.15) is 0 Å². The topological polar surface area (TPSA) is 54.9 Å². The van der Waals surface area contributed by atoms with Crippen LogP contribution in [0.15, 0.2) is 41.4 Å². The van der Waals surface area contributed by atoms with Gasteiger partial charge in [-0.05, 0) is 37.6 Å². The van der Waals surface area contributed by atoms with Crippen molar-refractivity contribution in [3.05, 3.63) is 53.6 Å². The van der Waals surface area contributed by atoms with Crippen molar-refractivity contribution in [2.24, 2.45) is 4.99 Å². The number of benzene rings is 2. The van der Waals surface area contributed by atoms with Gasteiger partial charge in [0.25, 0.3) is 0 Å². The molecule has 2 aromatic rings. The van der Waals surface area contributed by atoms with E-state index in [1.165, 1.54) is 18.2 Å². The predicted octanol–water partition coefficient (Wildman–Crippen LogP) is 3.92. The van der Waals surface area contributed by atoms with Crippen molar-refractivity contribution >= 4 is 11.6 Å². The largest absolute Gasteiger partial charge is 0.493 e. The van der Waals surface area contributed by atoms with Gasteiger partial charge < -0.3 is 20.1 Å². The molecule has 1 fully saturated rings. The van der Waals surface area contributed by atoms with Crippen molar-refractivity contribution in [2.45, 2.75) is 25.3 Å². The van der Waals surface area contributed by atoms with Gasteiger partial charge in [0.15, 0.2) is 17.5 Å². The van der Waals surface area contributed by atoms with Crippen molar-refractivity contribution in [2.75, 3.05) is 26.1 Å². The van der Waals surface area contributed by atoms with E-state index < -0.39 is 11.6 Å². The Labute approximate surface area is 157 Å². The smallest absolute Gasteiger partial charge is 0.195 e. The molecule has 3 rings (SSSR count). The first kappa shape index (κ1) is 18.9. The molecule has 0 aliphatic heterocycles. The second-order valence-electron chi connectivity index (χ2n) is 6.22. The second-order valence-corrected chi connectivity index (χ2v) is 6.22. The van der Waals surface area contributed by atoms with E-state index in [9.17, 15) is 8.78 Å². The van der Waals surface area contributed by atoms with Crippen LogP contribution in [0.25, 0.3) is 0 Å². The molecule has 2 unspecified atom stereocenters. The molecule has 5 nitrogen and oxygen atoms in total. The van der Waals surface area contributed by atoms with Crippen LogP contribution in [0.3, 0.4) is 0 Å². The summed E-state index contributed by atoms with van der Waals surface area (Å²) in [6.07, 6.45) is 0.644. The minimum Gasteiger partial charge on any atom is -0.493 e. The average molecular weight is 375 g/mol. The molecule has 0 spiro atoms. The monoisotopic (exact) mass is 375 g/mol. The maximum Gasteiger partial charge on any atom is 0.195 e. The standard InChI is InChI=1S/C20H23F2N3O2/c1-4-27-18-10-12(8-9-17(18)26-3)24-20(23-2)25-16-11-13(16)19-14(21)6-5-7-15(19)22/h5-10,13,16H,4,11H2,1-3H3,(H2,23,24,25). The fourth-order valence-corrected chi connectivity index (χ4v) is 3.03. The van der Waals surface area contributed by atoms with Gasteiger partial charge >= 0.3 is 0 Å². The molecule has 0 amide bonds. The number of hydrogen-bond acceptors (Lipinski definition) is 3. The summed E-state index contributed by atoms with van der Waals surface area (Å²) in [6, 6.07) is 9.33. The molecule has 1 aliphatic rings. The Morgan fingerprint density at radius 1 is 1.19 bits per heavy atom. The lowest BCUT2D eigenvalue weighted by atomic mass is 10.1. The Balaban J connectivity index is 1.67. The summed E-state index contributed by atoms with van der Waals surface area (Å²) in [7, 11) is 3.23. The van der Waals surface area contributed by atoms with Crippen LogP contribution in [0.2, 0.25) is 0 Å². The number of halogens is 2. The summed E-state index contributed by atoms with van der Waals surface area (Å²) >= 11 is 0. The van der Waals surface area contributed by atoms with Crippen molar-refractivity contribution in [3.8, 4) is 11.5 Å². The zero-order valence-electron chi connectivity index (χ0n) is 15.6. The summed E-state index contributed by atoms with van der Waals surface area (Å²) in [5.74, 6) is 0.555. The molecule has 2 N–H and O–H groups in total. The van der Waals surface area contributed by atoms with Gasteiger partial charge in [-0.25, -0.2) is 8.78 Å². The zero-order chi connectivity index (χ0) is 19.4. The van der Waals surface area contributed by atoms with Crippen molar-refractivity contribution < 1.29 is 18.3 Å². The number of anilines is 1. The van der Waals surface area contributed by atoms with E-state index in [1.54, 1.807) is 20.2 Å². The van der Waals surface area contributed by atoms with E-state index in [2.05, 4.69) is 15.6 Å². The van der Waals surface area contributed by atoms with E-state index in [0.717, 1.165) is 5.69 Å². The minimum absolute atomic E-state index is 0.0767. The third kappa shape index (κ3) is 4.30. The molecule has 0 bridgehead atoms. The Bertz CT molecular complexity index is 822. The highest BCUT2D eigenvalue weighted by Crippen LogP contribution is 2.43. The number of aliphatic imine (C=N–C) groups is 1. The number of nitrogens with zero attached hydrogens (tertiary/aromatic N) is 1. The van der Waals surface area contributed by atoms with Crippen LogP contribution in [0.1, 0.15) is 24.8 Å². The van der Waals surface area contributed by atoms with Gasteiger partial charge in [0.2, 0.25) is 0 Å². The molecule has 1 saturated carbocycles. The fourth-order valence-electron chi connectivity index (χ4n) is 3.03. The van der Waals surface area contributed by atoms with E-state index in [-0.39, 0.29) is 17.5 Å². The minimum atomic E-state index is -0.510. The van der Waals surface area contributed by atoms with Gasteiger partial charge in [-0.1, -0.05) is 6.07 Å². The Kier molecular flexibility index (Phi) is 5.78. The van der Waals surface area contributed by atoms with E-state index in [0.29, 0.717) is 30.5 Å². The lowest BCUT2D eigenvalue weighted by molar-refractivity contribution is 0.311. The number of guanidine groups is 1. The van der Waals surface area contributed by atoms with Crippen molar-refractivity contribution in [1.29, 1.82) is 0 Å². The van der Waals surface area contributed by atoms with Gasteiger partial charge in [-0.3, -0.25) is 4.99 Å². The predicted molar refractivity (Wildman–Crippen MR) is 102 cm³/mol. The summed E-state index contributed by atoms with van der Waals surface area (Å²) in [4.78, 5) is 4.19. The van der Waals surface area contributed by atoms with Crippen molar-refractivity contribution in [3.63, 3.8) is 0 Å². The highest BCUT2D eigenvalue weighted by atomic mass is 19.1. The molecule has 0 heterocycles. The Morgan fingerprint density at radius 2 is 1.93 bits per heavy atom. The van der Waals surface area contributed by atoms with Crippen LogP contribution >= 0.6 is 0 Å². The fraction of sp³-hybridized carbons (Fsp3) is 0.350. The highest BCUT2D eigenvalue weighted by molar-refractivity contribution is 5.94. The first-order chi connectivity index (χ1) is 13.1. The SMILES string of the molecule is CCOc1cc(NC(=NC)NC2CC2c2c(F)cccc2F)ccc1OC. The second kappa shape index (κ2) is 8.24. The zero-order valence-corrected chi connectivity index (χ0v) is 15.6. The quantitative estimate of drug-likeness (QED) is 0.594. The summed E-state index contributed by atoms with van der Waals surface area (Å²) in [5.41, 5.74) is 0.898. The van der Waals surface area contributed by atoms with Gasteiger partial charge in [0, 0.05) is 36.3 Å². The van der Waals surface area contributed by atoms with Crippen LogP contribution in [0.5, 0.6) is 11.5 Å². The maximum absolute atomic E-state index is 13.9. The molecule has 7 heteroatoms. The van der Waals surface area contributed by atoms with Crippen LogP contribution < -0.4 is 20.1 Å². The molecule has 0 saturated heterocycles. The normalized spacial score (nSPS) is 18.8. The van der Waals surface area contributed by atoms with E-state index in [4.69, 9.17) is 9.47 Å². The van der Waals surface area contributed by atoms with Gasteiger partial charge in [0.05, 0.1) is 13.7 Å². The molecule has 27 heavy (non-hydrogen) atoms. The summed E-state index contributed by atoms with van der Waals surface area (Å²) in [5, 5.41) is 6.37. The molecular weight excluding hydrogens is 352 g/mol. The van der Waals surface area contributed by atoms with Crippen LogP contribution in [-0.4, -0.2) is 32.8 Å². The summed E-state index contributed by atoms with van der Waals surface area (Å²) < 4.78 is 38.7. The molecule has 0 aromatic heterocycles. The number of rotatable bonds is 6. The van der Waals surface area contributed by atoms with Crippen molar-refractivity contribution in [1.82, 2.24) is 5.32 Å². The third-order valence-electron chi connectivity index (χ3n) is 4.43. The molecule has 2 aromatic carbocycles. The van der Waals surface area contributed by atoms with Crippen LogP contribution in [0.4, 0.5) is 14.5 Å². The number of ether oxygens (including phenoxy) is 2. The number of methoxy groups -OCH3 is 1. The molecule has 144 valence electrons. The third-order valence-corrected chi connectivity index (χ3v) is 4.43. The first-order valence-corrected chi connectivity index (χ1v) is 8.82. The number of nitrogens with one attached hydrogen (secondary N) is 2. The lowest BCUT2D eigenvalue weighted by Crippen LogP contribution is -2.33. The Hall–Kier alpha value is -2.83. The molecule has 1 aliphatic carbocycles. The van der Waals surface area contributed by atoms with E-state index in [1.807, 2.05) is 19.1 Å². The van der Waals surface area contributed by atoms with Gasteiger partial charge in [-0.15, -0.1) is 0 Å². The molecular formula is C20H23F2N3O2. The Morgan fingerprint density at radius 3 is 2.56 bits per heavy atom. The van der Waals surface area contributed by atoms with E-state index >= 15 is 0 Å². The van der Waals surface area contributed by atoms with Crippen LogP contribution in [-0.2, 0) is 0 Å². The number of hydrogen-bond donors (Lipinski definition) is 2. The molecule has 0 radical (unpaired) electrons. The van der Waals surface area contributed by atoms with Crippen LogP contribution in [0, 0.1) is 11.6 Å². The first-order valence-electron chi connectivity index (χ1n) is 8.82. The molecule has 2 atom stereocenters. The maximum atomic E-state index is 13.9. The highest BCUT2D eigenvalue weighted by Gasteiger charge is 2.42. The van der Waals surface area contributed by atoms with Gasteiger partial charge in [0.1, 0.15) is 11.6 Å². The average Bonchev–Trinajstić information content (AvgIpc) is 3.40. The summed E-state index contributed by atoms with van der Waals surface area (Å²) in [6.45, 7) is 2.42. The lowest BCUT2D eigenvalue weighted by Gasteiger charge is -2.15.